The Morgan fingerprint density at radius 3 is 2.62 bits per heavy atom. The minimum absolute atomic E-state index is 0.0724. The van der Waals surface area contributed by atoms with E-state index in [9.17, 15) is 18.0 Å². The molecule has 1 fully saturated rings. The molecule has 1 saturated carbocycles. The molecule has 0 heterocycles. The van der Waals surface area contributed by atoms with Gasteiger partial charge in [-0.05, 0) is 19.3 Å². The summed E-state index contributed by atoms with van der Waals surface area (Å²) in [7, 11) is 0. The number of halogens is 3. The molecule has 1 aliphatic carbocycles. The Labute approximate surface area is 91.3 Å². The maximum absolute atomic E-state index is 11.7. The highest BCUT2D eigenvalue weighted by molar-refractivity contribution is 5.77. The molecule has 1 amide bonds. The van der Waals surface area contributed by atoms with Crippen LogP contribution in [0.5, 0.6) is 0 Å². The summed E-state index contributed by atoms with van der Waals surface area (Å²) in [6, 6.07) is 0.0724. The minimum Gasteiger partial charge on any atom is -0.368 e. The molecule has 0 saturated heterocycles. The number of rotatable bonds is 4. The van der Waals surface area contributed by atoms with Crippen molar-refractivity contribution in [2.75, 3.05) is 13.2 Å². The molecule has 0 aromatic heterocycles. The summed E-state index contributed by atoms with van der Waals surface area (Å²) in [5.74, 6) is -0.752. The molecule has 4 nitrogen and oxygen atoms in total. The topological polar surface area (TPSA) is 64.3 Å². The molecule has 0 aliphatic heterocycles. The summed E-state index contributed by atoms with van der Waals surface area (Å²) in [4.78, 5) is 11.0. The average molecular weight is 240 g/mol. The maximum atomic E-state index is 11.7. The molecule has 0 spiro atoms. The van der Waals surface area contributed by atoms with Crippen LogP contribution in [0.25, 0.3) is 0 Å². The lowest BCUT2D eigenvalue weighted by Crippen LogP contribution is -2.36. The fourth-order valence-corrected chi connectivity index (χ4v) is 1.57. The van der Waals surface area contributed by atoms with Crippen LogP contribution < -0.4 is 11.1 Å². The molecule has 0 aromatic rings. The van der Waals surface area contributed by atoms with Crippen LogP contribution in [0.3, 0.4) is 0 Å². The van der Waals surface area contributed by atoms with E-state index < -0.39 is 18.6 Å². The van der Waals surface area contributed by atoms with Gasteiger partial charge in [-0.2, -0.15) is 13.2 Å². The third kappa shape index (κ3) is 5.32. The molecule has 16 heavy (non-hydrogen) atoms. The lowest BCUT2D eigenvalue weighted by Gasteiger charge is -2.12. The SMILES string of the molecule is NC1CCC(OCC(=O)NCC(F)(F)F)C1. The van der Waals surface area contributed by atoms with Crippen LogP contribution in [0.1, 0.15) is 19.3 Å². The normalized spacial score (nSPS) is 25.8. The zero-order valence-electron chi connectivity index (χ0n) is 8.72. The third-order valence-corrected chi connectivity index (χ3v) is 2.36. The smallest absolute Gasteiger partial charge is 0.368 e. The number of alkyl halides is 3. The van der Waals surface area contributed by atoms with Crippen LogP contribution in [0, 0.1) is 0 Å². The third-order valence-electron chi connectivity index (χ3n) is 2.36. The maximum Gasteiger partial charge on any atom is 0.405 e. The van der Waals surface area contributed by atoms with Gasteiger partial charge >= 0.3 is 6.18 Å². The highest BCUT2D eigenvalue weighted by Gasteiger charge is 2.28. The standard InChI is InChI=1S/C9H15F3N2O2/c10-9(11,12)5-14-8(15)4-16-7-2-1-6(13)3-7/h6-7H,1-5,13H2,(H,14,15). The number of nitrogens with one attached hydrogen (secondary N) is 1. The van der Waals surface area contributed by atoms with E-state index in [1.165, 1.54) is 0 Å². The van der Waals surface area contributed by atoms with Gasteiger partial charge in [0.25, 0.3) is 0 Å². The van der Waals surface area contributed by atoms with Crippen molar-refractivity contribution in [1.82, 2.24) is 5.32 Å². The lowest BCUT2D eigenvalue weighted by molar-refractivity contribution is -0.142. The predicted molar refractivity (Wildman–Crippen MR) is 50.6 cm³/mol. The van der Waals surface area contributed by atoms with E-state index in [1.807, 2.05) is 0 Å². The molecule has 94 valence electrons. The monoisotopic (exact) mass is 240 g/mol. The van der Waals surface area contributed by atoms with Crippen LogP contribution in [-0.4, -0.2) is 37.4 Å². The van der Waals surface area contributed by atoms with E-state index in [1.54, 1.807) is 5.32 Å². The zero-order chi connectivity index (χ0) is 12.2. The van der Waals surface area contributed by atoms with E-state index in [0.29, 0.717) is 6.42 Å². The highest BCUT2D eigenvalue weighted by Crippen LogP contribution is 2.20. The van der Waals surface area contributed by atoms with Gasteiger partial charge in [-0.25, -0.2) is 0 Å². The summed E-state index contributed by atoms with van der Waals surface area (Å²) < 4.78 is 40.4. The van der Waals surface area contributed by atoms with Crippen molar-refractivity contribution in [3.05, 3.63) is 0 Å². The molecule has 1 aliphatic rings. The van der Waals surface area contributed by atoms with Gasteiger partial charge in [0.1, 0.15) is 13.2 Å². The minimum atomic E-state index is -4.38. The second-order valence-corrected chi connectivity index (χ2v) is 3.90. The number of carbonyl (C=O) groups excluding carboxylic acids is 1. The first-order valence-electron chi connectivity index (χ1n) is 5.07. The quantitative estimate of drug-likeness (QED) is 0.754. The second kappa shape index (κ2) is 5.49. The Hall–Kier alpha value is -0.820. The first kappa shape index (κ1) is 13.2. The van der Waals surface area contributed by atoms with Crippen molar-refractivity contribution in [3.8, 4) is 0 Å². The highest BCUT2D eigenvalue weighted by atomic mass is 19.4. The van der Waals surface area contributed by atoms with E-state index in [-0.39, 0.29) is 18.8 Å². The Balaban J connectivity index is 2.11. The van der Waals surface area contributed by atoms with Crippen LogP contribution >= 0.6 is 0 Å². The van der Waals surface area contributed by atoms with Crippen molar-refractivity contribution < 1.29 is 22.7 Å². The molecule has 1 rings (SSSR count). The summed E-state index contributed by atoms with van der Waals surface area (Å²) in [6.07, 6.45) is -2.24. The van der Waals surface area contributed by atoms with E-state index >= 15 is 0 Å². The summed E-state index contributed by atoms with van der Waals surface area (Å²) in [6.45, 7) is -1.66. The lowest BCUT2D eigenvalue weighted by atomic mass is 10.3. The average Bonchev–Trinajstić information content (AvgIpc) is 2.57. The summed E-state index contributed by atoms with van der Waals surface area (Å²) in [5, 5.41) is 1.74. The molecule has 0 radical (unpaired) electrons. The Morgan fingerprint density at radius 2 is 2.12 bits per heavy atom. The summed E-state index contributed by atoms with van der Waals surface area (Å²) >= 11 is 0. The molecule has 0 bridgehead atoms. The van der Waals surface area contributed by atoms with Gasteiger partial charge in [-0.3, -0.25) is 4.79 Å². The second-order valence-electron chi connectivity index (χ2n) is 3.90. The Kier molecular flexibility index (Phi) is 4.55. The van der Waals surface area contributed by atoms with Gasteiger partial charge in [0, 0.05) is 6.04 Å². The van der Waals surface area contributed by atoms with E-state index in [0.717, 1.165) is 12.8 Å². The number of ether oxygens (including phenoxy) is 1. The first-order valence-corrected chi connectivity index (χ1v) is 5.07. The van der Waals surface area contributed by atoms with Crippen molar-refractivity contribution in [2.45, 2.75) is 37.6 Å². The number of hydrogen-bond donors (Lipinski definition) is 2. The molecule has 2 unspecified atom stereocenters. The predicted octanol–water partition coefficient (Wildman–Crippen LogP) is 0.561. The van der Waals surface area contributed by atoms with Gasteiger partial charge in [0.15, 0.2) is 0 Å². The van der Waals surface area contributed by atoms with Crippen LogP contribution in [0.4, 0.5) is 13.2 Å². The first-order chi connectivity index (χ1) is 7.37. The van der Waals surface area contributed by atoms with Gasteiger partial charge in [0.2, 0.25) is 5.91 Å². The fourth-order valence-electron chi connectivity index (χ4n) is 1.57. The van der Waals surface area contributed by atoms with Gasteiger partial charge < -0.3 is 15.8 Å². The van der Waals surface area contributed by atoms with Crippen LogP contribution in [-0.2, 0) is 9.53 Å². The molecular formula is C9H15F3N2O2. The van der Waals surface area contributed by atoms with Crippen molar-refractivity contribution in [1.29, 1.82) is 0 Å². The number of nitrogens with two attached hydrogens (primary N) is 1. The number of amides is 1. The van der Waals surface area contributed by atoms with E-state index in [2.05, 4.69) is 0 Å². The summed E-state index contributed by atoms with van der Waals surface area (Å²) in [5.41, 5.74) is 5.62. The van der Waals surface area contributed by atoms with Gasteiger partial charge in [-0.1, -0.05) is 0 Å². The van der Waals surface area contributed by atoms with Gasteiger partial charge in [-0.15, -0.1) is 0 Å². The zero-order valence-corrected chi connectivity index (χ0v) is 8.72. The van der Waals surface area contributed by atoms with Gasteiger partial charge in [0.05, 0.1) is 6.10 Å². The number of hydrogen-bond acceptors (Lipinski definition) is 3. The van der Waals surface area contributed by atoms with E-state index in [4.69, 9.17) is 10.5 Å². The van der Waals surface area contributed by atoms with Crippen molar-refractivity contribution in [2.24, 2.45) is 5.73 Å². The molecule has 7 heteroatoms. The van der Waals surface area contributed by atoms with Crippen LogP contribution in [0.15, 0.2) is 0 Å². The number of carbonyl (C=O) groups is 1. The fraction of sp³-hybridized carbons (Fsp3) is 0.889. The Bertz CT molecular complexity index is 245. The molecule has 3 N–H and O–H groups in total. The van der Waals surface area contributed by atoms with Crippen molar-refractivity contribution in [3.63, 3.8) is 0 Å². The van der Waals surface area contributed by atoms with Crippen molar-refractivity contribution >= 4 is 5.91 Å². The van der Waals surface area contributed by atoms with Crippen LogP contribution in [0.2, 0.25) is 0 Å². The molecule has 2 atom stereocenters. The molecular weight excluding hydrogens is 225 g/mol. The molecule has 0 aromatic carbocycles. The largest absolute Gasteiger partial charge is 0.405 e. The Morgan fingerprint density at radius 1 is 1.44 bits per heavy atom.